The summed E-state index contributed by atoms with van der Waals surface area (Å²) in [7, 11) is 0. The zero-order chi connectivity index (χ0) is 21.7. The third kappa shape index (κ3) is 5.87. The first-order valence-corrected chi connectivity index (χ1v) is 9.41. The highest BCUT2D eigenvalue weighted by Gasteiger charge is 2.08. The Morgan fingerprint density at radius 3 is 1.20 bits per heavy atom. The summed E-state index contributed by atoms with van der Waals surface area (Å²) >= 11 is 10.6. The standard InChI is InChI=1S/C20H18N4O4S2/c25-13-5-11(6-14(26)9-13)21-19(29)23-17-3-1-2-4-18(17)24-20(30)22-12-7-15(27)10-16(28)8-12/h1-10,25-28H,(H2,21,23,29)(H2,22,24,30). The van der Waals surface area contributed by atoms with Crippen LogP contribution in [0.5, 0.6) is 23.0 Å². The molecule has 0 fully saturated rings. The first kappa shape index (κ1) is 21.0. The van der Waals surface area contributed by atoms with Crippen molar-refractivity contribution in [1.29, 1.82) is 0 Å². The third-order valence-electron chi connectivity index (χ3n) is 3.74. The molecule has 3 aromatic carbocycles. The zero-order valence-corrected chi connectivity index (χ0v) is 17.0. The van der Waals surface area contributed by atoms with Gasteiger partial charge in [-0.1, -0.05) is 12.1 Å². The fourth-order valence-electron chi connectivity index (χ4n) is 2.61. The lowest BCUT2D eigenvalue weighted by atomic mass is 10.2. The van der Waals surface area contributed by atoms with Gasteiger partial charge in [0.2, 0.25) is 0 Å². The van der Waals surface area contributed by atoms with Crippen LogP contribution in [0.2, 0.25) is 0 Å². The van der Waals surface area contributed by atoms with E-state index < -0.39 is 0 Å². The second-order valence-corrected chi connectivity index (χ2v) is 7.00. The molecule has 0 aliphatic carbocycles. The number of thiocarbonyl (C=S) groups is 2. The van der Waals surface area contributed by atoms with Crippen LogP contribution in [0.1, 0.15) is 0 Å². The molecule has 0 aliphatic heterocycles. The van der Waals surface area contributed by atoms with Crippen LogP contribution in [0.25, 0.3) is 0 Å². The van der Waals surface area contributed by atoms with Crippen molar-refractivity contribution >= 4 is 57.4 Å². The van der Waals surface area contributed by atoms with Crippen LogP contribution in [0.4, 0.5) is 22.7 Å². The van der Waals surface area contributed by atoms with Crippen molar-refractivity contribution in [3.63, 3.8) is 0 Å². The number of benzene rings is 3. The molecule has 0 unspecified atom stereocenters. The Morgan fingerprint density at radius 1 is 0.533 bits per heavy atom. The summed E-state index contributed by atoms with van der Waals surface area (Å²) in [5.41, 5.74) is 2.05. The van der Waals surface area contributed by atoms with Crippen LogP contribution >= 0.6 is 24.4 Å². The Morgan fingerprint density at radius 2 is 0.867 bits per heavy atom. The Labute approximate surface area is 182 Å². The van der Waals surface area contributed by atoms with E-state index in [0.29, 0.717) is 22.7 Å². The van der Waals surface area contributed by atoms with E-state index in [-0.39, 0.29) is 33.2 Å². The maximum atomic E-state index is 9.57. The van der Waals surface area contributed by atoms with Crippen LogP contribution in [-0.4, -0.2) is 30.7 Å². The number of anilines is 4. The van der Waals surface area contributed by atoms with E-state index in [9.17, 15) is 20.4 Å². The topological polar surface area (TPSA) is 129 Å². The Kier molecular flexibility index (Phi) is 6.40. The van der Waals surface area contributed by atoms with Gasteiger partial charge < -0.3 is 41.7 Å². The molecule has 154 valence electrons. The van der Waals surface area contributed by atoms with Gasteiger partial charge in [-0.05, 0) is 36.6 Å². The van der Waals surface area contributed by atoms with E-state index in [1.807, 2.05) is 0 Å². The molecule has 3 aromatic rings. The molecule has 0 amide bonds. The molecule has 0 radical (unpaired) electrons. The molecule has 0 heterocycles. The predicted octanol–water partition coefficient (Wildman–Crippen LogP) is 4.13. The predicted molar refractivity (Wildman–Crippen MR) is 126 cm³/mol. The lowest BCUT2D eigenvalue weighted by molar-refractivity contribution is 0.450. The van der Waals surface area contributed by atoms with Gasteiger partial charge in [0, 0.05) is 47.8 Å². The molecule has 3 rings (SSSR count). The van der Waals surface area contributed by atoms with Crippen molar-refractivity contribution in [2.24, 2.45) is 0 Å². The normalized spacial score (nSPS) is 10.1. The van der Waals surface area contributed by atoms with Crippen LogP contribution in [-0.2, 0) is 0 Å². The molecule has 0 spiro atoms. The van der Waals surface area contributed by atoms with Gasteiger partial charge in [-0.2, -0.15) is 0 Å². The van der Waals surface area contributed by atoms with E-state index in [0.717, 1.165) is 0 Å². The number of phenols is 4. The second-order valence-electron chi connectivity index (χ2n) is 6.18. The Bertz CT molecular complexity index is 981. The molecule has 30 heavy (non-hydrogen) atoms. The average molecular weight is 443 g/mol. The summed E-state index contributed by atoms with van der Waals surface area (Å²) in [6.07, 6.45) is 0. The lowest BCUT2D eigenvalue weighted by Gasteiger charge is -2.17. The lowest BCUT2D eigenvalue weighted by Crippen LogP contribution is -2.22. The number of rotatable bonds is 4. The van der Waals surface area contributed by atoms with Gasteiger partial charge in [-0.15, -0.1) is 0 Å². The third-order valence-corrected chi connectivity index (χ3v) is 4.15. The summed E-state index contributed by atoms with van der Waals surface area (Å²) < 4.78 is 0. The summed E-state index contributed by atoms with van der Waals surface area (Å²) in [4.78, 5) is 0. The largest absolute Gasteiger partial charge is 0.508 e. The fraction of sp³-hybridized carbons (Fsp3) is 0. The first-order chi connectivity index (χ1) is 14.3. The van der Waals surface area contributed by atoms with Crippen molar-refractivity contribution < 1.29 is 20.4 Å². The molecule has 8 N–H and O–H groups in total. The first-order valence-electron chi connectivity index (χ1n) is 8.59. The minimum Gasteiger partial charge on any atom is -0.508 e. The Hall–Kier alpha value is -3.76. The van der Waals surface area contributed by atoms with Gasteiger partial charge in [0.05, 0.1) is 11.4 Å². The number of hydrogen-bond donors (Lipinski definition) is 8. The summed E-state index contributed by atoms with van der Waals surface area (Å²) in [6, 6.07) is 15.3. The monoisotopic (exact) mass is 442 g/mol. The molecule has 10 heteroatoms. The molecule has 0 saturated heterocycles. The van der Waals surface area contributed by atoms with E-state index in [2.05, 4.69) is 21.3 Å². The van der Waals surface area contributed by atoms with Gasteiger partial charge in [0.25, 0.3) is 0 Å². The van der Waals surface area contributed by atoms with Crippen molar-refractivity contribution in [3.05, 3.63) is 60.7 Å². The van der Waals surface area contributed by atoms with E-state index in [4.69, 9.17) is 24.4 Å². The van der Waals surface area contributed by atoms with Crippen LogP contribution < -0.4 is 21.3 Å². The van der Waals surface area contributed by atoms with Crippen molar-refractivity contribution in [1.82, 2.24) is 0 Å². The van der Waals surface area contributed by atoms with Crippen LogP contribution in [0, 0.1) is 0 Å². The van der Waals surface area contributed by atoms with Crippen molar-refractivity contribution in [2.75, 3.05) is 21.3 Å². The minimum atomic E-state index is -0.100. The molecular formula is C20H18N4O4S2. The SMILES string of the molecule is Oc1cc(O)cc(NC(=S)Nc2ccccc2NC(=S)Nc2cc(O)cc(O)c2)c1. The molecule has 0 atom stereocenters. The molecule has 0 aromatic heterocycles. The van der Waals surface area contributed by atoms with Crippen LogP contribution in [0.3, 0.4) is 0 Å². The highest BCUT2D eigenvalue weighted by Crippen LogP contribution is 2.26. The van der Waals surface area contributed by atoms with Gasteiger partial charge in [0.1, 0.15) is 23.0 Å². The number of nitrogens with one attached hydrogen (secondary N) is 4. The van der Waals surface area contributed by atoms with Gasteiger partial charge in [0.15, 0.2) is 10.2 Å². The van der Waals surface area contributed by atoms with E-state index in [1.54, 1.807) is 24.3 Å². The van der Waals surface area contributed by atoms with Gasteiger partial charge in [-0.25, -0.2) is 0 Å². The van der Waals surface area contributed by atoms with Gasteiger partial charge >= 0.3 is 0 Å². The number of phenolic OH excluding ortho intramolecular Hbond substituents is 4. The molecule has 8 nitrogen and oxygen atoms in total. The quantitative estimate of drug-likeness (QED) is 0.279. The van der Waals surface area contributed by atoms with E-state index in [1.165, 1.54) is 36.4 Å². The van der Waals surface area contributed by atoms with Crippen molar-refractivity contribution in [3.8, 4) is 23.0 Å². The summed E-state index contributed by atoms with van der Waals surface area (Å²) in [6.45, 7) is 0. The maximum absolute atomic E-state index is 9.57. The van der Waals surface area contributed by atoms with Gasteiger partial charge in [-0.3, -0.25) is 0 Å². The molecule has 0 aliphatic rings. The highest BCUT2D eigenvalue weighted by molar-refractivity contribution is 7.81. The fourth-order valence-corrected chi connectivity index (χ4v) is 3.06. The smallest absolute Gasteiger partial charge is 0.175 e. The number of aromatic hydroxyl groups is 4. The number of hydrogen-bond acceptors (Lipinski definition) is 6. The highest BCUT2D eigenvalue weighted by atomic mass is 32.1. The summed E-state index contributed by atoms with van der Waals surface area (Å²) in [5.74, 6) is -0.401. The zero-order valence-electron chi connectivity index (χ0n) is 15.4. The summed E-state index contributed by atoms with van der Waals surface area (Å²) in [5, 5.41) is 50.5. The maximum Gasteiger partial charge on any atom is 0.175 e. The second kappa shape index (κ2) is 9.16. The molecular weight excluding hydrogens is 424 g/mol. The molecule has 0 bridgehead atoms. The van der Waals surface area contributed by atoms with E-state index >= 15 is 0 Å². The van der Waals surface area contributed by atoms with Crippen molar-refractivity contribution in [2.45, 2.75) is 0 Å². The Balaban J connectivity index is 1.67. The average Bonchev–Trinajstić information content (AvgIpc) is 2.61. The number of para-hydroxylation sites is 2. The van der Waals surface area contributed by atoms with Crippen LogP contribution in [0.15, 0.2) is 60.7 Å². The minimum absolute atomic E-state index is 0.100. The molecule has 0 saturated carbocycles.